The largest absolute Gasteiger partial charge is 0.490 e. The zero-order valence-corrected chi connectivity index (χ0v) is 15.9. The highest BCUT2D eigenvalue weighted by Crippen LogP contribution is 2.30. The van der Waals surface area contributed by atoms with Gasteiger partial charge in [-0.25, -0.2) is 0 Å². The fourth-order valence-corrected chi connectivity index (χ4v) is 3.00. The van der Waals surface area contributed by atoms with E-state index in [-0.39, 0.29) is 42.4 Å². The highest BCUT2D eigenvalue weighted by Gasteiger charge is 2.25. The summed E-state index contributed by atoms with van der Waals surface area (Å²) in [6.07, 6.45) is 2.77. The first-order valence-electron chi connectivity index (χ1n) is 8.52. The lowest BCUT2D eigenvalue weighted by atomic mass is 10.0. The van der Waals surface area contributed by atoms with Crippen LogP contribution in [-0.4, -0.2) is 55.1 Å². The standard InChI is InChI=1S/C17H25N3O5.ClH/c1-3-10-19(13-6-8-18-9-7-13)17(21)12-25-14-4-5-15(20(22)23)16(11-14)24-2;/h4-5,11,13,18H,3,6-10,12H2,1-2H3;1H. The van der Waals surface area contributed by atoms with Crippen molar-refractivity contribution >= 4 is 24.0 Å². The molecule has 1 amide bonds. The average molecular weight is 388 g/mol. The van der Waals surface area contributed by atoms with Gasteiger partial charge in [0, 0.05) is 24.7 Å². The van der Waals surface area contributed by atoms with Crippen molar-refractivity contribution in [1.29, 1.82) is 0 Å². The molecule has 1 saturated heterocycles. The number of nitrogens with zero attached hydrogens (tertiary/aromatic N) is 2. The number of carbonyl (C=O) groups excluding carboxylic acids is 1. The van der Waals surface area contributed by atoms with Crippen LogP contribution in [0.15, 0.2) is 18.2 Å². The Bertz CT molecular complexity index is 608. The third kappa shape index (κ3) is 5.74. The fourth-order valence-electron chi connectivity index (χ4n) is 3.00. The van der Waals surface area contributed by atoms with Crippen LogP contribution >= 0.6 is 12.4 Å². The van der Waals surface area contributed by atoms with Gasteiger partial charge in [0.25, 0.3) is 5.91 Å². The predicted molar refractivity (Wildman–Crippen MR) is 100 cm³/mol. The van der Waals surface area contributed by atoms with Crippen LogP contribution in [0.1, 0.15) is 26.2 Å². The lowest BCUT2D eigenvalue weighted by Gasteiger charge is -2.34. The first kappa shape index (κ1) is 22.0. The molecule has 9 heteroatoms. The minimum absolute atomic E-state index is 0. The van der Waals surface area contributed by atoms with Crippen LogP contribution in [0.4, 0.5) is 5.69 Å². The molecule has 1 aromatic rings. The van der Waals surface area contributed by atoms with Crippen LogP contribution in [0, 0.1) is 10.1 Å². The Balaban J connectivity index is 0.00000338. The third-order valence-corrected chi connectivity index (χ3v) is 4.24. The number of ether oxygens (including phenoxy) is 2. The molecule has 1 fully saturated rings. The van der Waals surface area contributed by atoms with Crippen molar-refractivity contribution in [3.63, 3.8) is 0 Å². The minimum atomic E-state index is -0.520. The molecule has 0 saturated carbocycles. The molecule has 1 aliphatic heterocycles. The number of methoxy groups -OCH3 is 1. The van der Waals surface area contributed by atoms with E-state index in [1.165, 1.54) is 25.3 Å². The highest BCUT2D eigenvalue weighted by atomic mass is 35.5. The average Bonchev–Trinajstić information content (AvgIpc) is 2.64. The van der Waals surface area contributed by atoms with E-state index in [1.54, 1.807) is 0 Å². The Labute approximate surface area is 159 Å². The van der Waals surface area contributed by atoms with Crippen LogP contribution in [0.5, 0.6) is 11.5 Å². The molecule has 146 valence electrons. The maximum absolute atomic E-state index is 12.6. The lowest BCUT2D eigenvalue weighted by molar-refractivity contribution is -0.385. The number of piperidine rings is 1. The van der Waals surface area contributed by atoms with E-state index in [0.717, 1.165) is 32.4 Å². The smallest absolute Gasteiger partial charge is 0.311 e. The molecule has 1 heterocycles. The molecule has 1 aliphatic rings. The predicted octanol–water partition coefficient (Wildman–Crippen LogP) is 2.39. The van der Waals surface area contributed by atoms with Gasteiger partial charge in [0.15, 0.2) is 6.61 Å². The lowest BCUT2D eigenvalue weighted by Crippen LogP contribution is -2.48. The fraction of sp³-hybridized carbons (Fsp3) is 0.588. The van der Waals surface area contributed by atoms with Gasteiger partial charge in [-0.3, -0.25) is 14.9 Å². The summed E-state index contributed by atoms with van der Waals surface area (Å²) in [7, 11) is 1.36. The van der Waals surface area contributed by atoms with Gasteiger partial charge in [0.2, 0.25) is 5.75 Å². The Morgan fingerprint density at radius 1 is 1.38 bits per heavy atom. The molecule has 0 unspecified atom stereocenters. The van der Waals surface area contributed by atoms with Crippen molar-refractivity contribution in [2.24, 2.45) is 0 Å². The van der Waals surface area contributed by atoms with Crippen molar-refractivity contribution in [3.8, 4) is 11.5 Å². The van der Waals surface area contributed by atoms with E-state index < -0.39 is 4.92 Å². The molecule has 0 aliphatic carbocycles. The van der Waals surface area contributed by atoms with E-state index in [2.05, 4.69) is 5.32 Å². The number of carbonyl (C=O) groups is 1. The maximum atomic E-state index is 12.6. The van der Waals surface area contributed by atoms with Crippen molar-refractivity contribution in [2.75, 3.05) is 33.4 Å². The number of benzene rings is 1. The first-order chi connectivity index (χ1) is 12.1. The molecule has 0 aromatic heterocycles. The van der Waals surface area contributed by atoms with Crippen LogP contribution in [0.2, 0.25) is 0 Å². The summed E-state index contributed by atoms with van der Waals surface area (Å²) in [6, 6.07) is 4.46. The summed E-state index contributed by atoms with van der Waals surface area (Å²) in [5.74, 6) is 0.419. The van der Waals surface area contributed by atoms with Gasteiger partial charge < -0.3 is 19.7 Å². The van der Waals surface area contributed by atoms with Crippen molar-refractivity contribution in [1.82, 2.24) is 10.2 Å². The van der Waals surface area contributed by atoms with Crippen molar-refractivity contribution in [2.45, 2.75) is 32.2 Å². The zero-order valence-electron chi connectivity index (χ0n) is 15.1. The molecule has 8 nitrogen and oxygen atoms in total. The van der Waals surface area contributed by atoms with Crippen LogP contribution in [0.25, 0.3) is 0 Å². The quantitative estimate of drug-likeness (QED) is 0.543. The Hall–Kier alpha value is -2.06. The number of nitrogens with one attached hydrogen (secondary N) is 1. The molecule has 0 atom stereocenters. The number of rotatable bonds is 8. The highest BCUT2D eigenvalue weighted by molar-refractivity contribution is 5.85. The number of halogens is 1. The summed E-state index contributed by atoms with van der Waals surface area (Å²) in [5.41, 5.74) is -0.136. The van der Waals surface area contributed by atoms with E-state index in [4.69, 9.17) is 9.47 Å². The van der Waals surface area contributed by atoms with E-state index >= 15 is 0 Å². The summed E-state index contributed by atoms with van der Waals surface area (Å²) >= 11 is 0. The zero-order chi connectivity index (χ0) is 18.2. The maximum Gasteiger partial charge on any atom is 0.311 e. The van der Waals surface area contributed by atoms with Gasteiger partial charge in [0.05, 0.1) is 12.0 Å². The number of amides is 1. The Morgan fingerprint density at radius 3 is 2.65 bits per heavy atom. The van der Waals surface area contributed by atoms with Crippen LogP contribution < -0.4 is 14.8 Å². The van der Waals surface area contributed by atoms with Crippen LogP contribution in [0.3, 0.4) is 0 Å². The third-order valence-electron chi connectivity index (χ3n) is 4.24. The Kier molecular flexibility index (Phi) is 9.15. The van der Waals surface area contributed by atoms with Gasteiger partial charge in [-0.1, -0.05) is 6.92 Å². The Morgan fingerprint density at radius 2 is 2.08 bits per heavy atom. The summed E-state index contributed by atoms with van der Waals surface area (Å²) in [4.78, 5) is 24.9. The van der Waals surface area contributed by atoms with Crippen molar-refractivity contribution in [3.05, 3.63) is 28.3 Å². The number of nitro benzene ring substituents is 1. The second-order valence-corrected chi connectivity index (χ2v) is 5.95. The molecule has 0 spiro atoms. The topological polar surface area (TPSA) is 93.9 Å². The number of hydrogen-bond acceptors (Lipinski definition) is 6. The second-order valence-electron chi connectivity index (χ2n) is 5.95. The number of hydrogen-bond donors (Lipinski definition) is 1. The van der Waals surface area contributed by atoms with Gasteiger partial charge >= 0.3 is 5.69 Å². The minimum Gasteiger partial charge on any atom is -0.490 e. The number of nitro groups is 1. The summed E-state index contributed by atoms with van der Waals surface area (Å²) in [5, 5.41) is 14.2. The molecular formula is C17H26ClN3O5. The van der Waals surface area contributed by atoms with Gasteiger partial charge in [-0.15, -0.1) is 12.4 Å². The van der Waals surface area contributed by atoms with Gasteiger partial charge in [0.1, 0.15) is 5.75 Å². The van der Waals surface area contributed by atoms with Gasteiger partial charge in [-0.05, 0) is 38.4 Å². The molecule has 2 rings (SSSR count). The molecule has 1 N–H and O–H groups in total. The molecule has 0 radical (unpaired) electrons. The molecule has 26 heavy (non-hydrogen) atoms. The molecule has 1 aromatic carbocycles. The first-order valence-corrected chi connectivity index (χ1v) is 8.52. The molecule has 0 bridgehead atoms. The van der Waals surface area contributed by atoms with E-state index in [1.807, 2.05) is 11.8 Å². The van der Waals surface area contributed by atoms with Crippen molar-refractivity contribution < 1.29 is 19.2 Å². The summed E-state index contributed by atoms with van der Waals surface area (Å²) in [6.45, 7) is 4.49. The van der Waals surface area contributed by atoms with E-state index in [0.29, 0.717) is 12.3 Å². The van der Waals surface area contributed by atoms with E-state index in [9.17, 15) is 14.9 Å². The normalized spacial score (nSPS) is 14.2. The summed E-state index contributed by atoms with van der Waals surface area (Å²) < 4.78 is 10.6. The SMILES string of the molecule is CCCN(C(=O)COc1ccc([N+](=O)[O-])c(OC)c1)C1CCNCC1.Cl. The second kappa shape index (κ2) is 10.8. The monoisotopic (exact) mass is 387 g/mol. The van der Waals surface area contributed by atoms with Gasteiger partial charge in [-0.2, -0.15) is 0 Å². The van der Waals surface area contributed by atoms with Crippen LogP contribution in [-0.2, 0) is 4.79 Å². The molecular weight excluding hydrogens is 362 g/mol.